The molecule has 0 unspecified atom stereocenters. The van der Waals surface area contributed by atoms with Gasteiger partial charge in [0.1, 0.15) is 16.5 Å². The summed E-state index contributed by atoms with van der Waals surface area (Å²) in [6.45, 7) is 3.08. The summed E-state index contributed by atoms with van der Waals surface area (Å²) >= 11 is 0. The molecule has 0 bridgehead atoms. The number of carbonyl (C=O) groups excluding carboxylic acids is 1. The van der Waals surface area contributed by atoms with E-state index < -0.39 is 15.4 Å². The zero-order chi connectivity index (χ0) is 22.1. The van der Waals surface area contributed by atoms with Crippen LogP contribution < -0.4 is 10.1 Å². The number of halogens is 1. The molecule has 2 aromatic rings. The van der Waals surface area contributed by atoms with Crippen molar-refractivity contribution in [3.05, 3.63) is 53.8 Å². The molecule has 1 amide bonds. The Hall–Kier alpha value is -2.45. The average molecular weight is 447 g/mol. The van der Waals surface area contributed by atoms with E-state index in [1.54, 1.807) is 31.2 Å². The van der Waals surface area contributed by atoms with Gasteiger partial charge in [-0.25, -0.2) is 12.8 Å². The van der Waals surface area contributed by atoms with Crippen LogP contribution in [-0.2, 0) is 20.2 Å². The van der Waals surface area contributed by atoms with Crippen molar-refractivity contribution in [1.29, 1.82) is 0 Å². The van der Waals surface area contributed by atoms with Crippen molar-refractivity contribution in [3.63, 3.8) is 0 Å². The lowest BCUT2D eigenvalue weighted by Crippen LogP contribution is -2.46. The SMILES string of the molecule is CCOc1ccc(NC(=O)C2(c3cccc(F)c3)CCC2)cc1S(=O)(=O)N1CCCC1. The highest BCUT2D eigenvalue weighted by Crippen LogP contribution is 2.45. The number of nitrogens with zero attached hydrogens (tertiary/aromatic N) is 1. The largest absolute Gasteiger partial charge is 0.492 e. The molecule has 31 heavy (non-hydrogen) atoms. The van der Waals surface area contributed by atoms with E-state index in [9.17, 15) is 17.6 Å². The van der Waals surface area contributed by atoms with Gasteiger partial charge >= 0.3 is 0 Å². The highest BCUT2D eigenvalue weighted by atomic mass is 32.2. The van der Waals surface area contributed by atoms with Gasteiger partial charge in [0, 0.05) is 18.8 Å². The van der Waals surface area contributed by atoms with Gasteiger partial charge in [-0.2, -0.15) is 4.31 Å². The summed E-state index contributed by atoms with van der Waals surface area (Å²) in [5, 5.41) is 2.88. The molecule has 0 spiro atoms. The molecule has 1 N–H and O–H groups in total. The lowest BCUT2D eigenvalue weighted by molar-refractivity contribution is -0.124. The van der Waals surface area contributed by atoms with Crippen molar-refractivity contribution in [1.82, 2.24) is 4.31 Å². The second kappa shape index (κ2) is 8.59. The maximum Gasteiger partial charge on any atom is 0.246 e. The Morgan fingerprint density at radius 1 is 1.13 bits per heavy atom. The Balaban J connectivity index is 1.65. The number of ether oxygens (including phenoxy) is 1. The number of benzene rings is 2. The van der Waals surface area contributed by atoms with E-state index in [1.165, 1.54) is 22.5 Å². The normalized spacial score (nSPS) is 18.4. The lowest BCUT2D eigenvalue weighted by Gasteiger charge is -2.40. The van der Waals surface area contributed by atoms with Crippen molar-refractivity contribution in [2.24, 2.45) is 0 Å². The molecular weight excluding hydrogens is 419 g/mol. The summed E-state index contributed by atoms with van der Waals surface area (Å²) in [6.07, 6.45) is 3.78. The highest BCUT2D eigenvalue weighted by molar-refractivity contribution is 7.89. The average Bonchev–Trinajstić information content (AvgIpc) is 3.24. The Morgan fingerprint density at radius 3 is 2.48 bits per heavy atom. The molecule has 0 atom stereocenters. The summed E-state index contributed by atoms with van der Waals surface area (Å²) in [6, 6.07) is 10.8. The molecule has 0 radical (unpaired) electrons. The van der Waals surface area contributed by atoms with Crippen LogP contribution in [0.15, 0.2) is 47.4 Å². The quantitative estimate of drug-likeness (QED) is 0.696. The van der Waals surface area contributed by atoms with Crippen LogP contribution in [0.25, 0.3) is 0 Å². The first-order chi connectivity index (χ1) is 14.9. The van der Waals surface area contributed by atoms with Crippen LogP contribution in [0.2, 0.25) is 0 Å². The molecule has 2 aromatic carbocycles. The van der Waals surface area contributed by atoms with Gasteiger partial charge in [-0.3, -0.25) is 4.79 Å². The van der Waals surface area contributed by atoms with Crippen LogP contribution in [0.3, 0.4) is 0 Å². The third kappa shape index (κ3) is 4.06. The molecule has 2 aliphatic rings. The Morgan fingerprint density at radius 2 is 1.87 bits per heavy atom. The van der Waals surface area contributed by atoms with Crippen LogP contribution in [0.4, 0.5) is 10.1 Å². The number of carbonyl (C=O) groups is 1. The van der Waals surface area contributed by atoms with Crippen LogP contribution in [-0.4, -0.2) is 38.3 Å². The summed E-state index contributed by atoms with van der Waals surface area (Å²) in [5.74, 6) is -0.356. The third-order valence-electron chi connectivity index (χ3n) is 6.20. The van der Waals surface area contributed by atoms with Crippen LogP contribution >= 0.6 is 0 Å². The Kier molecular flexibility index (Phi) is 6.03. The standard InChI is InChI=1S/C23H27FN2O4S/c1-2-30-20-10-9-19(16-21(20)31(28,29)26-13-3-4-14-26)25-22(27)23(11-6-12-23)17-7-5-8-18(24)15-17/h5,7-10,15-16H,2-4,6,11-14H2,1H3,(H,25,27). The van der Waals surface area contributed by atoms with Crippen molar-refractivity contribution >= 4 is 21.6 Å². The second-order valence-corrected chi connectivity index (χ2v) is 10.0. The molecule has 8 heteroatoms. The van der Waals surface area contributed by atoms with E-state index >= 15 is 0 Å². The molecule has 1 heterocycles. The number of nitrogens with one attached hydrogen (secondary N) is 1. The fourth-order valence-corrected chi connectivity index (χ4v) is 6.02. The van der Waals surface area contributed by atoms with Crippen LogP contribution in [0.1, 0.15) is 44.6 Å². The van der Waals surface area contributed by atoms with Gasteiger partial charge in [0.15, 0.2) is 0 Å². The molecule has 0 aromatic heterocycles. The number of anilines is 1. The molecule has 1 aliphatic heterocycles. The molecule has 6 nitrogen and oxygen atoms in total. The Labute approximate surface area is 182 Å². The fraction of sp³-hybridized carbons (Fsp3) is 0.435. The summed E-state index contributed by atoms with van der Waals surface area (Å²) in [4.78, 5) is 13.3. The van der Waals surface area contributed by atoms with Crippen molar-refractivity contribution in [2.75, 3.05) is 25.0 Å². The summed E-state index contributed by atoms with van der Waals surface area (Å²) in [5.41, 5.74) is 0.232. The molecule has 1 saturated carbocycles. The van der Waals surface area contributed by atoms with E-state index in [0.29, 0.717) is 43.8 Å². The monoisotopic (exact) mass is 446 g/mol. The molecule has 166 valence electrons. The maximum atomic E-state index is 13.8. The van der Waals surface area contributed by atoms with Gasteiger partial charge < -0.3 is 10.1 Å². The van der Waals surface area contributed by atoms with Gasteiger partial charge in [0.05, 0.1) is 12.0 Å². The van der Waals surface area contributed by atoms with Gasteiger partial charge in [-0.05, 0) is 68.5 Å². The first kappa shape index (κ1) is 21.8. The highest BCUT2D eigenvalue weighted by Gasteiger charge is 2.46. The smallest absolute Gasteiger partial charge is 0.246 e. The summed E-state index contributed by atoms with van der Waals surface area (Å²) < 4.78 is 47.2. The lowest BCUT2D eigenvalue weighted by atomic mass is 9.63. The maximum absolute atomic E-state index is 13.8. The summed E-state index contributed by atoms with van der Waals surface area (Å²) in [7, 11) is -3.73. The minimum absolute atomic E-state index is 0.0578. The van der Waals surface area contributed by atoms with E-state index in [1.807, 2.05) is 0 Å². The minimum Gasteiger partial charge on any atom is -0.492 e. The second-order valence-electron chi connectivity index (χ2n) is 8.11. The topological polar surface area (TPSA) is 75.7 Å². The number of rotatable bonds is 7. The van der Waals surface area contributed by atoms with Crippen molar-refractivity contribution in [3.8, 4) is 5.75 Å². The predicted molar refractivity (Wildman–Crippen MR) is 116 cm³/mol. The van der Waals surface area contributed by atoms with E-state index in [0.717, 1.165) is 19.3 Å². The van der Waals surface area contributed by atoms with Crippen LogP contribution in [0.5, 0.6) is 5.75 Å². The number of hydrogen-bond acceptors (Lipinski definition) is 4. The van der Waals surface area contributed by atoms with Gasteiger partial charge in [0.25, 0.3) is 0 Å². The van der Waals surface area contributed by atoms with E-state index in [-0.39, 0.29) is 22.4 Å². The van der Waals surface area contributed by atoms with Gasteiger partial charge in [0.2, 0.25) is 15.9 Å². The molecule has 2 fully saturated rings. The zero-order valence-electron chi connectivity index (χ0n) is 17.6. The van der Waals surface area contributed by atoms with E-state index in [4.69, 9.17) is 4.74 Å². The van der Waals surface area contributed by atoms with Crippen molar-refractivity contribution in [2.45, 2.75) is 49.3 Å². The zero-order valence-corrected chi connectivity index (χ0v) is 18.4. The third-order valence-corrected chi connectivity index (χ3v) is 8.12. The van der Waals surface area contributed by atoms with Crippen molar-refractivity contribution < 1.29 is 22.3 Å². The Bertz CT molecular complexity index is 1080. The molecule has 1 aliphatic carbocycles. The van der Waals surface area contributed by atoms with Gasteiger partial charge in [-0.1, -0.05) is 18.6 Å². The van der Waals surface area contributed by atoms with Crippen LogP contribution in [0, 0.1) is 5.82 Å². The number of hydrogen-bond donors (Lipinski definition) is 1. The number of amides is 1. The van der Waals surface area contributed by atoms with Gasteiger partial charge in [-0.15, -0.1) is 0 Å². The predicted octanol–water partition coefficient (Wildman–Crippen LogP) is 4.07. The first-order valence-corrected chi connectivity index (χ1v) is 12.2. The first-order valence-electron chi connectivity index (χ1n) is 10.7. The fourth-order valence-electron chi connectivity index (χ4n) is 4.34. The molecule has 4 rings (SSSR count). The number of sulfonamides is 1. The molecular formula is C23H27FN2O4S. The van der Waals surface area contributed by atoms with E-state index in [2.05, 4.69) is 5.32 Å². The minimum atomic E-state index is -3.73. The molecule has 1 saturated heterocycles.